The Morgan fingerprint density at radius 3 is 2.40 bits per heavy atom. The molecule has 2 amide bonds. The second kappa shape index (κ2) is 6.88. The Morgan fingerprint density at radius 1 is 1.12 bits per heavy atom. The van der Waals surface area contributed by atoms with Crippen molar-refractivity contribution in [3.05, 3.63) is 0 Å². The van der Waals surface area contributed by atoms with Gasteiger partial charge in [0.15, 0.2) is 0 Å². The number of ether oxygens (including phenoxy) is 2. The second-order valence-electron chi connectivity index (χ2n) is 8.91. The van der Waals surface area contributed by atoms with Gasteiger partial charge in [-0.15, -0.1) is 0 Å². The minimum atomic E-state index is -0.254. The highest BCUT2D eigenvalue weighted by Crippen LogP contribution is 2.55. The van der Waals surface area contributed by atoms with E-state index in [1.807, 2.05) is 0 Å². The number of amides is 2. The van der Waals surface area contributed by atoms with Gasteiger partial charge in [-0.05, 0) is 62.2 Å². The molecular weight excluding hydrogens is 320 g/mol. The van der Waals surface area contributed by atoms with Crippen molar-refractivity contribution in [3.63, 3.8) is 0 Å². The minimum absolute atomic E-state index is 0.0113. The van der Waals surface area contributed by atoms with Gasteiger partial charge in [0.2, 0.25) is 11.8 Å². The first-order valence-electron chi connectivity index (χ1n) is 9.80. The zero-order valence-corrected chi connectivity index (χ0v) is 15.1. The van der Waals surface area contributed by atoms with Gasteiger partial charge < -0.3 is 20.1 Å². The van der Waals surface area contributed by atoms with Crippen LogP contribution in [0.5, 0.6) is 0 Å². The molecule has 4 aliphatic rings. The fourth-order valence-corrected chi connectivity index (χ4v) is 4.64. The fraction of sp³-hybridized carbons (Fsp3) is 0.895. The van der Waals surface area contributed by atoms with Crippen LogP contribution in [0.15, 0.2) is 0 Å². The van der Waals surface area contributed by atoms with Crippen molar-refractivity contribution in [2.75, 3.05) is 19.8 Å². The lowest BCUT2D eigenvalue weighted by molar-refractivity contribution is -0.134. The highest BCUT2D eigenvalue weighted by Gasteiger charge is 2.53. The van der Waals surface area contributed by atoms with Gasteiger partial charge in [-0.1, -0.05) is 6.92 Å². The summed E-state index contributed by atoms with van der Waals surface area (Å²) < 4.78 is 11.0. The van der Waals surface area contributed by atoms with Crippen molar-refractivity contribution in [3.8, 4) is 0 Å². The summed E-state index contributed by atoms with van der Waals surface area (Å²) in [6, 6.07) is 0.568. The standard InChI is InChI=1S/C19H30N2O4/c1-12-4-16(25-9-12)18(23)21-15-7-19(8-15)5-14(6-19)20-17(22)11-24-10-13-2-3-13/h12-16H,2-11H2,1H3,(H,20,22)(H,21,23). The third kappa shape index (κ3) is 4.17. The van der Waals surface area contributed by atoms with Crippen LogP contribution < -0.4 is 10.6 Å². The third-order valence-electron chi connectivity index (χ3n) is 6.20. The summed E-state index contributed by atoms with van der Waals surface area (Å²) >= 11 is 0. The van der Waals surface area contributed by atoms with Crippen molar-refractivity contribution < 1.29 is 19.1 Å². The number of carbonyl (C=O) groups excluding carboxylic acids is 2. The molecule has 0 aromatic carbocycles. The third-order valence-corrected chi connectivity index (χ3v) is 6.20. The minimum Gasteiger partial charge on any atom is -0.371 e. The lowest BCUT2D eigenvalue weighted by atomic mass is 9.52. The molecule has 1 saturated heterocycles. The van der Waals surface area contributed by atoms with Gasteiger partial charge in [0.25, 0.3) is 0 Å². The zero-order valence-electron chi connectivity index (χ0n) is 15.1. The molecule has 2 atom stereocenters. The van der Waals surface area contributed by atoms with Crippen molar-refractivity contribution in [1.82, 2.24) is 10.6 Å². The molecule has 2 unspecified atom stereocenters. The average molecular weight is 350 g/mol. The molecule has 2 N–H and O–H groups in total. The maximum atomic E-state index is 12.2. The van der Waals surface area contributed by atoms with Gasteiger partial charge in [-0.2, -0.15) is 0 Å². The molecule has 0 aromatic heterocycles. The molecule has 4 fully saturated rings. The van der Waals surface area contributed by atoms with E-state index in [0.29, 0.717) is 23.9 Å². The molecule has 3 aliphatic carbocycles. The summed E-state index contributed by atoms with van der Waals surface area (Å²) in [5, 5.41) is 6.20. The largest absolute Gasteiger partial charge is 0.371 e. The Hall–Kier alpha value is -1.14. The van der Waals surface area contributed by atoms with E-state index in [9.17, 15) is 9.59 Å². The summed E-state index contributed by atoms with van der Waals surface area (Å²) in [5.74, 6) is 1.24. The Morgan fingerprint density at radius 2 is 1.80 bits per heavy atom. The second-order valence-corrected chi connectivity index (χ2v) is 8.91. The Kier molecular flexibility index (Phi) is 4.75. The van der Waals surface area contributed by atoms with Crippen LogP contribution in [0.2, 0.25) is 0 Å². The number of nitrogens with one attached hydrogen (secondary N) is 2. The van der Waals surface area contributed by atoms with Crippen LogP contribution in [0.25, 0.3) is 0 Å². The van der Waals surface area contributed by atoms with Gasteiger partial charge in [-0.3, -0.25) is 9.59 Å². The van der Waals surface area contributed by atoms with Crippen LogP contribution >= 0.6 is 0 Å². The highest BCUT2D eigenvalue weighted by atomic mass is 16.5. The SMILES string of the molecule is CC1COC(C(=O)NC2CC3(CC(NC(=O)COCC4CC4)C3)C2)C1. The van der Waals surface area contributed by atoms with Crippen LogP contribution in [0.3, 0.4) is 0 Å². The molecule has 25 heavy (non-hydrogen) atoms. The van der Waals surface area contributed by atoms with Crippen LogP contribution in [0.4, 0.5) is 0 Å². The van der Waals surface area contributed by atoms with E-state index in [1.54, 1.807) is 0 Å². The maximum Gasteiger partial charge on any atom is 0.249 e. The number of rotatable bonds is 7. The number of hydrogen-bond acceptors (Lipinski definition) is 4. The lowest BCUT2D eigenvalue weighted by Crippen LogP contribution is -2.62. The maximum absolute atomic E-state index is 12.2. The van der Waals surface area contributed by atoms with E-state index in [2.05, 4.69) is 17.6 Å². The normalized spacial score (nSPS) is 39.6. The van der Waals surface area contributed by atoms with Gasteiger partial charge >= 0.3 is 0 Å². The smallest absolute Gasteiger partial charge is 0.249 e. The van der Waals surface area contributed by atoms with Gasteiger partial charge in [0.05, 0.1) is 13.2 Å². The monoisotopic (exact) mass is 350 g/mol. The molecule has 3 saturated carbocycles. The predicted molar refractivity (Wildman–Crippen MR) is 91.8 cm³/mol. The van der Waals surface area contributed by atoms with Crippen molar-refractivity contribution >= 4 is 11.8 Å². The van der Waals surface area contributed by atoms with Crippen LogP contribution in [-0.2, 0) is 19.1 Å². The zero-order chi connectivity index (χ0) is 17.4. The predicted octanol–water partition coefficient (Wildman–Crippen LogP) is 1.38. The first-order valence-corrected chi connectivity index (χ1v) is 9.80. The molecule has 1 heterocycles. The van der Waals surface area contributed by atoms with E-state index in [1.165, 1.54) is 12.8 Å². The molecule has 1 aliphatic heterocycles. The molecule has 6 heteroatoms. The highest BCUT2D eigenvalue weighted by molar-refractivity contribution is 5.81. The molecule has 140 valence electrons. The molecule has 0 bridgehead atoms. The van der Waals surface area contributed by atoms with Crippen molar-refractivity contribution in [2.45, 2.75) is 70.1 Å². The number of carbonyl (C=O) groups is 2. The topological polar surface area (TPSA) is 76.7 Å². The molecule has 0 aromatic rings. The van der Waals surface area contributed by atoms with E-state index in [4.69, 9.17) is 9.47 Å². The van der Waals surface area contributed by atoms with E-state index >= 15 is 0 Å². The van der Waals surface area contributed by atoms with Crippen molar-refractivity contribution in [2.24, 2.45) is 17.3 Å². The molecule has 6 nitrogen and oxygen atoms in total. The summed E-state index contributed by atoms with van der Waals surface area (Å²) in [6.45, 7) is 3.73. The molecular formula is C19H30N2O4. The average Bonchev–Trinajstić information content (AvgIpc) is 3.21. The van der Waals surface area contributed by atoms with Crippen LogP contribution in [0.1, 0.15) is 51.9 Å². The number of hydrogen-bond donors (Lipinski definition) is 2. The lowest BCUT2D eigenvalue weighted by Gasteiger charge is -2.57. The van der Waals surface area contributed by atoms with E-state index < -0.39 is 0 Å². The first-order chi connectivity index (χ1) is 12.0. The van der Waals surface area contributed by atoms with E-state index in [-0.39, 0.29) is 36.6 Å². The van der Waals surface area contributed by atoms with E-state index in [0.717, 1.165) is 38.7 Å². The fourth-order valence-electron chi connectivity index (χ4n) is 4.64. The summed E-state index contributed by atoms with van der Waals surface area (Å²) in [5.41, 5.74) is 0.342. The molecule has 0 radical (unpaired) electrons. The molecule has 4 rings (SSSR count). The summed E-state index contributed by atoms with van der Waals surface area (Å²) in [7, 11) is 0. The van der Waals surface area contributed by atoms with Crippen molar-refractivity contribution in [1.29, 1.82) is 0 Å². The Bertz CT molecular complexity index is 520. The summed E-state index contributed by atoms with van der Waals surface area (Å²) in [4.78, 5) is 24.0. The summed E-state index contributed by atoms with van der Waals surface area (Å²) in [6.07, 6.45) is 7.20. The quantitative estimate of drug-likeness (QED) is 0.727. The Labute approximate surface area is 149 Å². The van der Waals surface area contributed by atoms with Gasteiger partial charge in [-0.25, -0.2) is 0 Å². The Balaban J connectivity index is 1.09. The van der Waals surface area contributed by atoms with Crippen LogP contribution in [-0.4, -0.2) is 49.8 Å². The molecule has 1 spiro atoms. The van der Waals surface area contributed by atoms with Gasteiger partial charge in [0.1, 0.15) is 12.7 Å². The van der Waals surface area contributed by atoms with Crippen LogP contribution in [0, 0.1) is 17.3 Å². The van der Waals surface area contributed by atoms with Gasteiger partial charge in [0, 0.05) is 12.1 Å². The first kappa shape index (κ1) is 17.3.